The van der Waals surface area contributed by atoms with Crippen LogP contribution in [0.25, 0.3) is 0 Å². The lowest BCUT2D eigenvalue weighted by Gasteiger charge is -2.22. The maximum atomic E-state index is 12.8. The molecular formula is C24H26O4. The Morgan fingerprint density at radius 1 is 0.893 bits per heavy atom. The first-order valence-corrected chi connectivity index (χ1v) is 9.71. The van der Waals surface area contributed by atoms with Crippen LogP contribution >= 0.6 is 0 Å². The maximum absolute atomic E-state index is 12.8. The van der Waals surface area contributed by atoms with Crippen molar-refractivity contribution < 1.29 is 14.6 Å². The quantitative estimate of drug-likeness (QED) is 0.599. The lowest BCUT2D eigenvalue weighted by Crippen LogP contribution is -2.17. The van der Waals surface area contributed by atoms with Crippen molar-refractivity contribution in [2.24, 2.45) is 0 Å². The number of aromatic hydroxyl groups is 1. The first-order valence-electron chi connectivity index (χ1n) is 9.71. The molecule has 0 amide bonds. The van der Waals surface area contributed by atoms with E-state index in [0.717, 1.165) is 11.1 Å². The molecule has 3 aromatic rings. The molecule has 0 radical (unpaired) electrons. The lowest BCUT2D eigenvalue weighted by atomic mass is 9.87. The van der Waals surface area contributed by atoms with Crippen LogP contribution in [0.15, 0.2) is 75.9 Å². The molecule has 28 heavy (non-hydrogen) atoms. The van der Waals surface area contributed by atoms with E-state index >= 15 is 0 Å². The molecule has 4 nitrogen and oxygen atoms in total. The predicted molar refractivity (Wildman–Crippen MR) is 110 cm³/mol. The van der Waals surface area contributed by atoms with Crippen LogP contribution in [0.5, 0.6) is 5.75 Å². The summed E-state index contributed by atoms with van der Waals surface area (Å²) in [5.41, 5.74) is 1.42. The second-order valence-corrected chi connectivity index (χ2v) is 6.98. The van der Waals surface area contributed by atoms with Crippen LogP contribution in [0, 0.1) is 0 Å². The Kier molecular flexibility index (Phi) is 6.32. The molecule has 1 aromatic heterocycles. The fourth-order valence-corrected chi connectivity index (χ4v) is 3.77. The average molecular weight is 378 g/mol. The summed E-state index contributed by atoms with van der Waals surface area (Å²) in [6.07, 6.45) is 0.398. The van der Waals surface area contributed by atoms with Gasteiger partial charge in [0.25, 0.3) is 0 Å². The van der Waals surface area contributed by atoms with Gasteiger partial charge < -0.3 is 14.6 Å². The van der Waals surface area contributed by atoms with Crippen molar-refractivity contribution in [3.63, 3.8) is 0 Å². The summed E-state index contributed by atoms with van der Waals surface area (Å²) in [6.45, 7) is 3.89. The van der Waals surface area contributed by atoms with E-state index in [9.17, 15) is 15.0 Å². The minimum Gasteiger partial charge on any atom is -0.507 e. The molecule has 0 aliphatic carbocycles. The van der Waals surface area contributed by atoms with Crippen molar-refractivity contribution >= 4 is 0 Å². The van der Waals surface area contributed by atoms with Crippen LogP contribution in [0.1, 0.15) is 67.1 Å². The number of aliphatic hydroxyl groups is 1. The summed E-state index contributed by atoms with van der Waals surface area (Å²) < 4.78 is 5.61. The second-order valence-electron chi connectivity index (χ2n) is 6.98. The van der Waals surface area contributed by atoms with E-state index in [1.807, 2.05) is 74.5 Å². The Labute approximate surface area is 165 Å². The Morgan fingerprint density at radius 2 is 1.46 bits per heavy atom. The number of benzene rings is 2. The Balaban J connectivity index is 2.00. The zero-order valence-corrected chi connectivity index (χ0v) is 16.2. The van der Waals surface area contributed by atoms with Crippen LogP contribution in [0.2, 0.25) is 0 Å². The number of hydrogen-bond donors (Lipinski definition) is 2. The molecule has 3 rings (SSSR count). The van der Waals surface area contributed by atoms with Gasteiger partial charge >= 0.3 is 5.63 Å². The number of rotatable bonds is 7. The fourth-order valence-electron chi connectivity index (χ4n) is 3.77. The third-order valence-corrected chi connectivity index (χ3v) is 5.27. The van der Waals surface area contributed by atoms with E-state index < -0.39 is 17.6 Å². The van der Waals surface area contributed by atoms with Gasteiger partial charge in [0.15, 0.2) is 0 Å². The highest BCUT2D eigenvalue weighted by Gasteiger charge is 2.27. The molecule has 146 valence electrons. The predicted octanol–water partition coefficient (Wildman–Crippen LogP) is 5.11. The van der Waals surface area contributed by atoms with Crippen LogP contribution in [0.4, 0.5) is 0 Å². The van der Waals surface area contributed by atoms with E-state index in [-0.39, 0.29) is 17.2 Å². The Bertz CT molecular complexity index is 947. The topological polar surface area (TPSA) is 70.7 Å². The molecule has 0 aliphatic heterocycles. The van der Waals surface area contributed by atoms with E-state index in [4.69, 9.17) is 4.42 Å². The van der Waals surface area contributed by atoms with E-state index in [0.29, 0.717) is 18.6 Å². The van der Waals surface area contributed by atoms with Crippen molar-refractivity contribution in [2.45, 2.75) is 44.6 Å². The molecule has 2 N–H and O–H groups in total. The zero-order valence-electron chi connectivity index (χ0n) is 16.2. The van der Waals surface area contributed by atoms with Gasteiger partial charge in [-0.2, -0.15) is 0 Å². The number of aliphatic hydroxyl groups excluding tert-OH is 1. The normalized spacial score (nSPS) is 14.4. The van der Waals surface area contributed by atoms with Crippen LogP contribution in [0.3, 0.4) is 0 Å². The molecular weight excluding hydrogens is 352 g/mol. The molecule has 0 fully saturated rings. The largest absolute Gasteiger partial charge is 0.507 e. The summed E-state index contributed by atoms with van der Waals surface area (Å²) in [4.78, 5) is 12.8. The van der Waals surface area contributed by atoms with Crippen molar-refractivity contribution in [3.8, 4) is 5.75 Å². The molecule has 3 atom stereocenters. The molecule has 0 saturated carbocycles. The molecule has 0 spiro atoms. The Morgan fingerprint density at radius 3 is 1.96 bits per heavy atom. The van der Waals surface area contributed by atoms with Gasteiger partial charge in [0, 0.05) is 17.9 Å². The molecule has 0 unspecified atom stereocenters. The van der Waals surface area contributed by atoms with Gasteiger partial charge in [-0.3, -0.25) is 0 Å². The lowest BCUT2D eigenvalue weighted by molar-refractivity contribution is 0.129. The third-order valence-electron chi connectivity index (χ3n) is 5.27. The van der Waals surface area contributed by atoms with Gasteiger partial charge in [-0.25, -0.2) is 4.79 Å². The smallest absolute Gasteiger partial charge is 0.343 e. The van der Waals surface area contributed by atoms with Crippen LogP contribution in [-0.4, -0.2) is 10.2 Å². The van der Waals surface area contributed by atoms with Crippen LogP contribution < -0.4 is 5.63 Å². The molecule has 2 aromatic carbocycles. The van der Waals surface area contributed by atoms with Gasteiger partial charge in [0.05, 0.1) is 11.7 Å². The monoisotopic (exact) mass is 378 g/mol. The Hall–Kier alpha value is -2.85. The van der Waals surface area contributed by atoms with E-state index in [2.05, 4.69) is 0 Å². The third kappa shape index (κ3) is 4.02. The maximum Gasteiger partial charge on any atom is 0.343 e. The van der Waals surface area contributed by atoms with Crippen LogP contribution in [-0.2, 0) is 0 Å². The van der Waals surface area contributed by atoms with Gasteiger partial charge in [0.2, 0.25) is 0 Å². The van der Waals surface area contributed by atoms with Crippen molar-refractivity contribution in [1.82, 2.24) is 0 Å². The minimum atomic E-state index is -0.823. The van der Waals surface area contributed by atoms with E-state index in [1.54, 1.807) is 0 Å². The first kappa shape index (κ1) is 19.9. The molecule has 0 saturated heterocycles. The first-order chi connectivity index (χ1) is 13.6. The highest BCUT2D eigenvalue weighted by molar-refractivity contribution is 5.40. The highest BCUT2D eigenvalue weighted by atomic mass is 16.4. The second kappa shape index (κ2) is 8.89. The molecule has 0 aliphatic rings. The van der Waals surface area contributed by atoms with E-state index in [1.165, 1.54) is 6.07 Å². The standard InChI is InChI=1S/C24H26O4/c1-3-18(16-11-7-5-8-12-16)22-20(25)15-21(28-24(22)27)19(4-2)23(26)17-13-9-6-10-14-17/h5-15,18-19,23,25-26H,3-4H2,1-2H3/t18-,19+,23-/m1/s1. The fraction of sp³-hybridized carbons (Fsp3) is 0.292. The molecule has 4 heteroatoms. The summed E-state index contributed by atoms with van der Waals surface area (Å²) in [7, 11) is 0. The van der Waals surface area contributed by atoms with Gasteiger partial charge in [-0.05, 0) is 24.0 Å². The SMILES string of the molecule is CC[C@H](c1ccccc1)c1c(O)cc([C@H](CC)[C@H](O)c2ccccc2)oc1=O. The van der Waals surface area contributed by atoms with Crippen molar-refractivity contribution in [2.75, 3.05) is 0 Å². The highest BCUT2D eigenvalue weighted by Crippen LogP contribution is 2.37. The minimum absolute atomic E-state index is 0.0827. The van der Waals surface area contributed by atoms with Gasteiger partial charge in [-0.1, -0.05) is 74.5 Å². The molecule has 1 heterocycles. The summed E-state index contributed by atoms with van der Waals surface area (Å²) in [6, 6.07) is 20.4. The van der Waals surface area contributed by atoms with Gasteiger partial charge in [-0.15, -0.1) is 0 Å². The summed E-state index contributed by atoms with van der Waals surface area (Å²) in [5, 5.41) is 21.5. The summed E-state index contributed by atoms with van der Waals surface area (Å²) >= 11 is 0. The van der Waals surface area contributed by atoms with Gasteiger partial charge in [0.1, 0.15) is 11.5 Å². The zero-order chi connectivity index (χ0) is 20.1. The number of hydrogen-bond acceptors (Lipinski definition) is 4. The molecule has 0 bridgehead atoms. The van der Waals surface area contributed by atoms with Crippen molar-refractivity contribution in [1.29, 1.82) is 0 Å². The average Bonchev–Trinajstić information content (AvgIpc) is 2.72. The van der Waals surface area contributed by atoms with Crippen molar-refractivity contribution in [3.05, 3.63) is 99.6 Å². The summed E-state index contributed by atoms with van der Waals surface area (Å²) in [5.74, 6) is -0.453.